The number of hydrogen-bond acceptors (Lipinski definition) is 3. The zero-order valence-corrected chi connectivity index (χ0v) is 15.6. The van der Waals surface area contributed by atoms with E-state index in [0.717, 1.165) is 45.9 Å². The van der Waals surface area contributed by atoms with Crippen molar-refractivity contribution in [2.45, 2.75) is 51.2 Å². The number of nitrogens with one attached hydrogen (secondary N) is 1. The van der Waals surface area contributed by atoms with Crippen molar-refractivity contribution in [3.8, 4) is 5.75 Å². The average Bonchev–Trinajstić information content (AvgIpc) is 2.43. The van der Waals surface area contributed by atoms with E-state index in [0.29, 0.717) is 19.7 Å². The summed E-state index contributed by atoms with van der Waals surface area (Å²) in [5.41, 5.74) is 0.560. The first-order chi connectivity index (χ1) is 10.0. The van der Waals surface area contributed by atoms with Gasteiger partial charge in [-0.2, -0.15) is 0 Å². The predicted octanol–water partition coefficient (Wildman–Crippen LogP) is 4.40. The van der Waals surface area contributed by atoms with Crippen molar-refractivity contribution in [2.24, 2.45) is 0 Å². The molecule has 2 rings (SSSR count). The van der Waals surface area contributed by atoms with Crippen molar-refractivity contribution in [1.82, 2.24) is 5.32 Å². The molecule has 1 aromatic rings. The zero-order valence-electron chi connectivity index (χ0n) is 12.4. The van der Waals surface area contributed by atoms with Crippen molar-refractivity contribution in [3.05, 3.63) is 26.6 Å². The lowest BCUT2D eigenvalue weighted by Crippen LogP contribution is -2.41. The molecular formula is C16H23Br2NO2. The molecule has 0 aromatic heterocycles. The Kier molecular flexibility index (Phi) is 6.53. The largest absolute Gasteiger partial charge is 0.492 e. The number of benzene rings is 1. The van der Waals surface area contributed by atoms with E-state index in [1.165, 1.54) is 6.42 Å². The minimum atomic E-state index is -0.534. The van der Waals surface area contributed by atoms with Crippen LogP contribution in [0.25, 0.3) is 0 Å². The molecule has 0 unspecified atom stereocenters. The Morgan fingerprint density at radius 3 is 2.62 bits per heavy atom. The predicted molar refractivity (Wildman–Crippen MR) is 92.8 cm³/mol. The highest BCUT2D eigenvalue weighted by molar-refractivity contribution is 9.11. The Bertz CT molecular complexity index is 474. The molecule has 1 aliphatic rings. The molecule has 1 fully saturated rings. The van der Waals surface area contributed by atoms with Crippen LogP contribution >= 0.6 is 31.9 Å². The van der Waals surface area contributed by atoms with Crippen LogP contribution in [0.3, 0.4) is 0 Å². The van der Waals surface area contributed by atoms with Gasteiger partial charge in [0.05, 0.1) is 16.7 Å². The van der Waals surface area contributed by atoms with Gasteiger partial charge in [-0.25, -0.2) is 0 Å². The van der Waals surface area contributed by atoms with Crippen LogP contribution in [-0.2, 0) is 6.54 Å². The van der Waals surface area contributed by atoms with Gasteiger partial charge in [-0.05, 0) is 47.8 Å². The van der Waals surface area contributed by atoms with Gasteiger partial charge in [0.15, 0.2) is 0 Å². The molecule has 0 amide bonds. The summed E-state index contributed by atoms with van der Waals surface area (Å²) in [7, 11) is 0. The molecule has 2 N–H and O–H groups in total. The lowest BCUT2D eigenvalue weighted by atomic mass is 9.85. The normalized spacial score (nSPS) is 17.7. The standard InChI is InChI=1S/C16H23Br2NO2/c1-2-21-15-12(8-13(17)9-14(15)18)10-19-11-16(20)6-4-3-5-7-16/h8-9,19-20H,2-7,10-11H2,1H3. The summed E-state index contributed by atoms with van der Waals surface area (Å²) >= 11 is 7.06. The van der Waals surface area contributed by atoms with Crippen molar-refractivity contribution >= 4 is 31.9 Å². The van der Waals surface area contributed by atoms with E-state index >= 15 is 0 Å². The minimum Gasteiger partial charge on any atom is -0.492 e. The third-order valence-corrected chi connectivity index (χ3v) is 4.97. The van der Waals surface area contributed by atoms with Gasteiger partial charge in [-0.3, -0.25) is 0 Å². The number of ether oxygens (including phenoxy) is 1. The summed E-state index contributed by atoms with van der Waals surface area (Å²) in [5, 5.41) is 13.9. The Balaban J connectivity index is 1.98. The molecule has 0 spiro atoms. The summed E-state index contributed by atoms with van der Waals surface area (Å²) in [5.74, 6) is 0.879. The van der Waals surface area contributed by atoms with E-state index in [1.807, 2.05) is 13.0 Å². The van der Waals surface area contributed by atoms with Gasteiger partial charge in [0.25, 0.3) is 0 Å². The molecule has 1 aromatic carbocycles. The molecule has 0 bridgehead atoms. The highest BCUT2D eigenvalue weighted by Crippen LogP contribution is 2.33. The number of hydrogen-bond donors (Lipinski definition) is 2. The van der Waals surface area contributed by atoms with E-state index in [9.17, 15) is 5.11 Å². The monoisotopic (exact) mass is 419 g/mol. The van der Waals surface area contributed by atoms with Crippen LogP contribution in [0, 0.1) is 0 Å². The maximum Gasteiger partial charge on any atom is 0.138 e. The van der Waals surface area contributed by atoms with E-state index < -0.39 is 5.60 Å². The summed E-state index contributed by atoms with van der Waals surface area (Å²) in [6.45, 7) is 3.95. The van der Waals surface area contributed by atoms with E-state index in [4.69, 9.17) is 4.74 Å². The first-order valence-electron chi connectivity index (χ1n) is 7.58. The van der Waals surface area contributed by atoms with Gasteiger partial charge in [-0.1, -0.05) is 35.2 Å². The van der Waals surface area contributed by atoms with Gasteiger partial charge in [0.2, 0.25) is 0 Å². The van der Waals surface area contributed by atoms with Gasteiger partial charge in [-0.15, -0.1) is 0 Å². The lowest BCUT2D eigenvalue weighted by molar-refractivity contribution is 0.00463. The third kappa shape index (κ3) is 4.95. The van der Waals surface area contributed by atoms with Crippen LogP contribution < -0.4 is 10.1 Å². The molecule has 21 heavy (non-hydrogen) atoms. The fourth-order valence-corrected chi connectivity index (χ4v) is 4.30. The summed E-state index contributed by atoms with van der Waals surface area (Å²) in [4.78, 5) is 0. The molecule has 0 atom stereocenters. The van der Waals surface area contributed by atoms with Crippen LogP contribution in [0.4, 0.5) is 0 Å². The fraction of sp³-hybridized carbons (Fsp3) is 0.625. The quantitative estimate of drug-likeness (QED) is 0.716. The Labute approximate surface area is 143 Å². The van der Waals surface area contributed by atoms with Gasteiger partial charge in [0.1, 0.15) is 5.75 Å². The van der Waals surface area contributed by atoms with Crippen molar-refractivity contribution in [1.29, 1.82) is 0 Å². The molecule has 0 radical (unpaired) electrons. The van der Waals surface area contributed by atoms with Crippen LogP contribution in [0.5, 0.6) is 5.75 Å². The second-order valence-electron chi connectivity index (χ2n) is 5.70. The van der Waals surface area contributed by atoms with E-state index in [2.05, 4.69) is 43.2 Å². The summed E-state index contributed by atoms with van der Waals surface area (Å²) in [6.07, 6.45) is 5.31. The Morgan fingerprint density at radius 1 is 1.24 bits per heavy atom. The topological polar surface area (TPSA) is 41.5 Å². The van der Waals surface area contributed by atoms with E-state index in [-0.39, 0.29) is 0 Å². The SMILES string of the molecule is CCOc1c(Br)cc(Br)cc1CNCC1(O)CCCCC1. The molecule has 0 aliphatic heterocycles. The van der Waals surface area contributed by atoms with Crippen molar-refractivity contribution in [3.63, 3.8) is 0 Å². The fourth-order valence-electron chi connectivity index (χ4n) is 2.87. The van der Waals surface area contributed by atoms with Gasteiger partial charge < -0.3 is 15.2 Å². The second-order valence-corrected chi connectivity index (χ2v) is 7.47. The zero-order chi connectivity index (χ0) is 15.3. The maximum absolute atomic E-state index is 10.5. The Morgan fingerprint density at radius 2 is 1.95 bits per heavy atom. The van der Waals surface area contributed by atoms with Crippen LogP contribution in [0.2, 0.25) is 0 Å². The lowest BCUT2D eigenvalue weighted by Gasteiger charge is -2.32. The van der Waals surface area contributed by atoms with Crippen LogP contribution in [0.1, 0.15) is 44.6 Å². The van der Waals surface area contributed by atoms with Gasteiger partial charge in [0, 0.05) is 23.1 Å². The highest BCUT2D eigenvalue weighted by Gasteiger charge is 2.28. The number of halogens is 2. The molecule has 3 nitrogen and oxygen atoms in total. The molecule has 1 aliphatic carbocycles. The number of aliphatic hydroxyl groups is 1. The molecule has 1 saturated carbocycles. The summed E-state index contributed by atoms with van der Waals surface area (Å²) < 4.78 is 7.69. The maximum atomic E-state index is 10.5. The van der Waals surface area contributed by atoms with Crippen LogP contribution in [0.15, 0.2) is 21.1 Å². The second kappa shape index (κ2) is 7.95. The third-order valence-electron chi connectivity index (χ3n) is 3.93. The number of rotatable bonds is 6. The Hall–Kier alpha value is -0.100. The molecular weight excluding hydrogens is 398 g/mol. The van der Waals surface area contributed by atoms with Gasteiger partial charge >= 0.3 is 0 Å². The highest BCUT2D eigenvalue weighted by atomic mass is 79.9. The minimum absolute atomic E-state index is 0.534. The first-order valence-corrected chi connectivity index (χ1v) is 9.16. The summed E-state index contributed by atoms with van der Waals surface area (Å²) in [6, 6.07) is 4.05. The molecule has 0 saturated heterocycles. The van der Waals surface area contributed by atoms with Crippen LogP contribution in [-0.4, -0.2) is 23.9 Å². The molecule has 118 valence electrons. The van der Waals surface area contributed by atoms with Crippen molar-refractivity contribution < 1.29 is 9.84 Å². The van der Waals surface area contributed by atoms with Crippen molar-refractivity contribution in [2.75, 3.05) is 13.2 Å². The average molecular weight is 421 g/mol. The first kappa shape index (κ1) is 17.3. The molecule has 0 heterocycles. The smallest absolute Gasteiger partial charge is 0.138 e. The molecule has 5 heteroatoms. The van der Waals surface area contributed by atoms with E-state index in [1.54, 1.807) is 0 Å².